The number of benzene rings is 1. The summed E-state index contributed by atoms with van der Waals surface area (Å²) < 4.78 is 27.3. The van der Waals surface area contributed by atoms with Crippen LogP contribution in [0, 0.1) is 6.92 Å². The number of fused-ring (bicyclic) bond motifs is 1. The summed E-state index contributed by atoms with van der Waals surface area (Å²) in [5.41, 5.74) is 7.68. The van der Waals surface area contributed by atoms with Crippen LogP contribution in [-0.2, 0) is 16.6 Å². The maximum atomic E-state index is 12.4. The van der Waals surface area contributed by atoms with Gasteiger partial charge in [-0.2, -0.15) is 0 Å². The molecule has 6 nitrogen and oxygen atoms in total. The summed E-state index contributed by atoms with van der Waals surface area (Å²) >= 11 is 1.49. The van der Waals surface area contributed by atoms with Gasteiger partial charge in [-0.1, -0.05) is 0 Å². The third kappa shape index (κ3) is 2.78. The quantitative estimate of drug-likeness (QED) is 0.639. The number of thiazole rings is 1. The molecule has 110 valence electrons. The van der Waals surface area contributed by atoms with Crippen molar-refractivity contribution < 1.29 is 8.42 Å². The van der Waals surface area contributed by atoms with Crippen molar-refractivity contribution in [3.8, 4) is 0 Å². The molecule has 0 aliphatic rings. The highest BCUT2D eigenvalue weighted by atomic mass is 32.2. The highest BCUT2D eigenvalue weighted by Gasteiger charge is 2.19. The highest BCUT2D eigenvalue weighted by Crippen LogP contribution is 2.24. The number of aromatic amines is 1. The van der Waals surface area contributed by atoms with E-state index >= 15 is 0 Å². The summed E-state index contributed by atoms with van der Waals surface area (Å²) in [7, 11) is -3.60. The summed E-state index contributed by atoms with van der Waals surface area (Å²) in [6.07, 6.45) is 1.47. The summed E-state index contributed by atoms with van der Waals surface area (Å²) in [6.45, 7) is 2.06. The molecule has 0 aliphatic carbocycles. The Morgan fingerprint density at radius 3 is 2.95 bits per heavy atom. The number of rotatable bonds is 4. The van der Waals surface area contributed by atoms with Gasteiger partial charge < -0.3 is 10.7 Å². The van der Waals surface area contributed by atoms with Crippen LogP contribution < -0.4 is 10.5 Å². The average Bonchev–Trinajstić information content (AvgIpc) is 3.02. The summed E-state index contributed by atoms with van der Waals surface area (Å²) in [6, 6.07) is 5.08. The van der Waals surface area contributed by atoms with Crippen molar-refractivity contribution in [3.05, 3.63) is 40.5 Å². The second-order valence-corrected chi connectivity index (χ2v) is 7.44. The molecule has 0 spiro atoms. The number of nitrogen functional groups attached to an aromatic ring is 1. The van der Waals surface area contributed by atoms with Gasteiger partial charge in [0.25, 0.3) is 0 Å². The first kappa shape index (κ1) is 14.1. The monoisotopic (exact) mass is 322 g/mol. The fraction of sp³-hybridized carbons (Fsp3) is 0.154. The van der Waals surface area contributed by atoms with Crippen LogP contribution in [0.2, 0.25) is 0 Å². The number of aromatic nitrogens is 2. The van der Waals surface area contributed by atoms with Gasteiger partial charge in [-0.3, -0.25) is 0 Å². The second kappa shape index (κ2) is 5.14. The Morgan fingerprint density at radius 2 is 2.24 bits per heavy atom. The molecule has 0 radical (unpaired) electrons. The summed E-state index contributed by atoms with van der Waals surface area (Å²) in [4.78, 5) is 7.37. The van der Waals surface area contributed by atoms with Gasteiger partial charge in [0.15, 0.2) is 0 Å². The zero-order valence-corrected chi connectivity index (χ0v) is 12.9. The minimum atomic E-state index is -3.60. The Labute approximate surface area is 126 Å². The molecule has 21 heavy (non-hydrogen) atoms. The molecule has 0 bridgehead atoms. The molecular weight excluding hydrogens is 308 g/mol. The number of nitrogens with two attached hydrogens (primary N) is 1. The zero-order chi connectivity index (χ0) is 15.0. The lowest BCUT2D eigenvalue weighted by molar-refractivity contribution is 0.581. The minimum absolute atomic E-state index is 0.175. The SMILES string of the molecule is Cc1nc(CNS(=O)(=O)c2c[nH]c3cc(N)ccc23)cs1. The predicted octanol–water partition coefficient (Wildman–Crippen LogP) is 1.99. The minimum Gasteiger partial charge on any atom is -0.399 e. The van der Waals surface area contributed by atoms with Crippen LogP contribution in [-0.4, -0.2) is 18.4 Å². The predicted molar refractivity (Wildman–Crippen MR) is 83.6 cm³/mol. The van der Waals surface area contributed by atoms with Crippen molar-refractivity contribution >= 4 is 38.0 Å². The Morgan fingerprint density at radius 1 is 1.43 bits per heavy atom. The number of H-pyrrole nitrogens is 1. The number of hydrogen-bond acceptors (Lipinski definition) is 5. The molecule has 3 rings (SSSR count). The lowest BCUT2D eigenvalue weighted by Gasteiger charge is -2.04. The van der Waals surface area contributed by atoms with Crippen molar-refractivity contribution in [2.24, 2.45) is 0 Å². The van der Waals surface area contributed by atoms with Gasteiger partial charge in [0.2, 0.25) is 10.0 Å². The maximum absolute atomic E-state index is 12.4. The Balaban J connectivity index is 1.89. The Hall–Kier alpha value is -1.90. The van der Waals surface area contributed by atoms with E-state index in [-0.39, 0.29) is 11.4 Å². The van der Waals surface area contributed by atoms with E-state index in [1.807, 2.05) is 12.3 Å². The Bertz CT molecular complexity index is 896. The van der Waals surface area contributed by atoms with E-state index in [9.17, 15) is 8.42 Å². The molecule has 0 amide bonds. The van der Waals surface area contributed by atoms with Crippen LogP contribution in [0.3, 0.4) is 0 Å². The fourth-order valence-electron chi connectivity index (χ4n) is 2.08. The molecule has 2 heterocycles. The first-order valence-corrected chi connectivity index (χ1v) is 8.59. The fourth-order valence-corrected chi connectivity index (χ4v) is 3.86. The lowest BCUT2D eigenvalue weighted by Crippen LogP contribution is -2.23. The second-order valence-electron chi connectivity index (χ2n) is 4.64. The first-order valence-electron chi connectivity index (χ1n) is 6.23. The van der Waals surface area contributed by atoms with Gasteiger partial charge in [0.1, 0.15) is 4.90 Å². The molecule has 4 N–H and O–H groups in total. The van der Waals surface area contributed by atoms with Gasteiger partial charge in [-0.15, -0.1) is 11.3 Å². The van der Waals surface area contributed by atoms with Gasteiger partial charge in [0.05, 0.1) is 17.2 Å². The normalized spacial score (nSPS) is 12.0. The van der Waals surface area contributed by atoms with Crippen LogP contribution in [0.4, 0.5) is 5.69 Å². The van der Waals surface area contributed by atoms with Crippen molar-refractivity contribution in [1.82, 2.24) is 14.7 Å². The van der Waals surface area contributed by atoms with Crippen LogP contribution in [0.5, 0.6) is 0 Å². The van der Waals surface area contributed by atoms with Crippen molar-refractivity contribution in [1.29, 1.82) is 0 Å². The molecule has 0 fully saturated rings. The van der Waals surface area contributed by atoms with E-state index in [0.717, 1.165) is 5.01 Å². The maximum Gasteiger partial charge on any atom is 0.243 e. The molecule has 3 aromatic rings. The van der Waals surface area contributed by atoms with Crippen molar-refractivity contribution in [3.63, 3.8) is 0 Å². The molecule has 2 aromatic heterocycles. The van der Waals surface area contributed by atoms with Crippen LogP contribution in [0.1, 0.15) is 10.7 Å². The van der Waals surface area contributed by atoms with Crippen LogP contribution in [0.25, 0.3) is 10.9 Å². The molecule has 1 aromatic carbocycles. The number of nitrogens with one attached hydrogen (secondary N) is 2. The number of nitrogens with zero attached hydrogens (tertiary/aromatic N) is 1. The Kier molecular flexibility index (Phi) is 3.44. The van der Waals surface area contributed by atoms with E-state index in [2.05, 4.69) is 14.7 Å². The molecule has 0 saturated carbocycles. The first-order chi connectivity index (χ1) is 9.95. The number of hydrogen-bond donors (Lipinski definition) is 3. The van der Waals surface area contributed by atoms with Crippen molar-refractivity contribution in [2.45, 2.75) is 18.4 Å². The molecule has 0 atom stereocenters. The third-order valence-electron chi connectivity index (χ3n) is 3.07. The number of anilines is 1. The van der Waals surface area contributed by atoms with E-state index in [1.165, 1.54) is 17.5 Å². The van der Waals surface area contributed by atoms with Gasteiger partial charge in [-0.05, 0) is 25.1 Å². The number of sulfonamides is 1. The average molecular weight is 322 g/mol. The van der Waals surface area contributed by atoms with E-state index in [1.54, 1.807) is 18.2 Å². The lowest BCUT2D eigenvalue weighted by atomic mass is 10.2. The van der Waals surface area contributed by atoms with E-state index < -0.39 is 10.0 Å². The molecule has 0 aliphatic heterocycles. The van der Waals surface area contributed by atoms with E-state index in [4.69, 9.17) is 5.73 Å². The topological polar surface area (TPSA) is 101 Å². The van der Waals surface area contributed by atoms with Crippen LogP contribution in [0.15, 0.2) is 34.7 Å². The van der Waals surface area contributed by atoms with Gasteiger partial charge in [0, 0.05) is 28.2 Å². The molecule has 0 saturated heterocycles. The van der Waals surface area contributed by atoms with E-state index in [0.29, 0.717) is 22.3 Å². The smallest absolute Gasteiger partial charge is 0.243 e. The third-order valence-corrected chi connectivity index (χ3v) is 5.33. The molecule has 0 unspecified atom stereocenters. The van der Waals surface area contributed by atoms with Gasteiger partial charge in [-0.25, -0.2) is 18.1 Å². The number of aryl methyl sites for hydroxylation is 1. The van der Waals surface area contributed by atoms with Gasteiger partial charge >= 0.3 is 0 Å². The summed E-state index contributed by atoms with van der Waals surface area (Å²) in [5, 5.41) is 3.37. The standard InChI is InChI=1S/C13H14N4O2S2/c1-8-17-10(7-20-8)5-16-21(18,19)13-6-15-12-4-9(14)2-3-11(12)13/h2-4,6-7,15-16H,5,14H2,1H3. The largest absolute Gasteiger partial charge is 0.399 e. The van der Waals surface area contributed by atoms with Crippen molar-refractivity contribution in [2.75, 3.05) is 5.73 Å². The highest BCUT2D eigenvalue weighted by molar-refractivity contribution is 7.89. The van der Waals surface area contributed by atoms with Crippen LogP contribution >= 0.6 is 11.3 Å². The summed E-state index contributed by atoms with van der Waals surface area (Å²) in [5.74, 6) is 0. The molecule has 8 heteroatoms. The molecular formula is C13H14N4O2S2. The zero-order valence-electron chi connectivity index (χ0n) is 11.3.